The molecular weight excluding hydrogens is 250 g/mol. The number of hydrogen-bond acceptors (Lipinski definition) is 3. The highest BCUT2D eigenvalue weighted by Crippen LogP contribution is 2.41. The van der Waals surface area contributed by atoms with Crippen LogP contribution in [0.25, 0.3) is 11.1 Å². The van der Waals surface area contributed by atoms with Gasteiger partial charge in [-0.25, -0.2) is 0 Å². The van der Waals surface area contributed by atoms with Gasteiger partial charge in [-0.2, -0.15) is 0 Å². The van der Waals surface area contributed by atoms with Gasteiger partial charge in [0.2, 0.25) is 0 Å². The van der Waals surface area contributed by atoms with Gasteiger partial charge >= 0.3 is 0 Å². The summed E-state index contributed by atoms with van der Waals surface area (Å²) in [6.45, 7) is 1.95. The van der Waals surface area contributed by atoms with Gasteiger partial charge in [0.05, 0.1) is 19.8 Å². The van der Waals surface area contributed by atoms with Crippen LogP contribution in [-0.4, -0.2) is 20.8 Å². The highest BCUT2D eigenvalue weighted by molar-refractivity contribution is 5.80. The number of ether oxygens (including phenoxy) is 2. The lowest BCUT2D eigenvalue weighted by atomic mass is 9.90. The van der Waals surface area contributed by atoms with Gasteiger partial charge in [-0.1, -0.05) is 24.3 Å². The average molecular weight is 269 g/mol. The van der Waals surface area contributed by atoms with Gasteiger partial charge in [0.1, 0.15) is 11.5 Å². The van der Waals surface area contributed by atoms with E-state index in [4.69, 9.17) is 9.47 Å². The van der Waals surface area contributed by atoms with E-state index in [-0.39, 0.29) is 0 Å². The molecule has 0 amide bonds. The summed E-state index contributed by atoms with van der Waals surface area (Å²) >= 11 is 0. The maximum absolute atomic E-state index is 5.54. The zero-order chi connectivity index (χ0) is 13.9. The van der Waals surface area contributed by atoms with Gasteiger partial charge in [0.15, 0.2) is 0 Å². The maximum Gasteiger partial charge on any atom is 0.130 e. The van der Waals surface area contributed by atoms with Crippen molar-refractivity contribution in [3.8, 4) is 22.6 Å². The van der Waals surface area contributed by atoms with E-state index in [1.165, 1.54) is 16.7 Å². The van der Waals surface area contributed by atoms with Crippen molar-refractivity contribution >= 4 is 0 Å². The normalized spacial score (nSPS) is 13.7. The summed E-state index contributed by atoms with van der Waals surface area (Å²) < 4.78 is 11.1. The van der Waals surface area contributed by atoms with Crippen molar-refractivity contribution in [3.63, 3.8) is 0 Å². The number of nitrogens with one attached hydrogen (secondary N) is 1. The van der Waals surface area contributed by atoms with Gasteiger partial charge < -0.3 is 14.8 Å². The molecule has 0 unspecified atom stereocenters. The summed E-state index contributed by atoms with van der Waals surface area (Å²) in [6, 6.07) is 12.4. The van der Waals surface area contributed by atoms with Gasteiger partial charge in [-0.05, 0) is 41.8 Å². The van der Waals surface area contributed by atoms with E-state index in [0.717, 1.165) is 36.6 Å². The molecule has 2 aromatic rings. The van der Waals surface area contributed by atoms with E-state index in [1.54, 1.807) is 14.2 Å². The SMILES string of the molecule is COc1cccc(OC)c1-c1cccc2c1CCNC2. The molecule has 2 aromatic carbocycles. The third-order valence-corrected chi connectivity index (χ3v) is 3.84. The Morgan fingerprint density at radius 3 is 2.35 bits per heavy atom. The van der Waals surface area contributed by atoms with Crippen LogP contribution in [0, 0.1) is 0 Å². The summed E-state index contributed by atoms with van der Waals surface area (Å²) in [6.07, 6.45) is 1.03. The molecule has 20 heavy (non-hydrogen) atoms. The Kier molecular flexibility index (Phi) is 3.61. The fourth-order valence-corrected chi connectivity index (χ4v) is 2.88. The lowest BCUT2D eigenvalue weighted by Crippen LogP contribution is -2.24. The Morgan fingerprint density at radius 2 is 1.65 bits per heavy atom. The smallest absolute Gasteiger partial charge is 0.130 e. The molecule has 0 bridgehead atoms. The van der Waals surface area contributed by atoms with Crippen LogP contribution in [0.4, 0.5) is 0 Å². The molecule has 1 N–H and O–H groups in total. The third-order valence-electron chi connectivity index (χ3n) is 3.84. The maximum atomic E-state index is 5.54. The molecule has 0 saturated heterocycles. The predicted octanol–water partition coefficient (Wildman–Crippen LogP) is 3.02. The summed E-state index contributed by atoms with van der Waals surface area (Å²) in [4.78, 5) is 0. The second-order valence-corrected chi connectivity index (χ2v) is 4.91. The first kappa shape index (κ1) is 13.0. The van der Waals surface area contributed by atoms with Crippen LogP contribution >= 0.6 is 0 Å². The zero-order valence-electron chi connectivity index (χ0n) is 11.9. The lowest BCUT2D eigenvalue weighted by Gasteiger charge is -2.22. The fraction of sp³-hybridized carbons (Fsp3) is 0.294. The molecule has 104 valence electrons. The van der Waals surface area contributed by atoms with E-state index in [9.17, 15) is 0 Å². The minimum atomic E-state index is 0.858. The number of methoxy groups -OCH3 is 2. The Hall–Kier alpha value is -2.00. The van der Waals surface area contributed by atoms with Crippen LogP contribution < -0.4 is 14.8 Å². The van der Waals surface area contributed by atoms with Crippen molar-refractivity contribution in [2.24, 2.45) is 0 Å². The summed E-state index contributed by atoms with van der Waals surface area (Å²) in [5, 5.41) is 3.41. The molecule has 3 heteroatoms. The first-order valence-electron chi connectivity index (χ1n) is 6.88. The van der Waals surface area contributed by atoms with E-state index in [1.807, 2.05) is 18.2 Å². The minimum absolute atomic E-state index is 0.858. The Bertz CT molecular complexity index is 600. The number of rotatable bonds is 3. The second kappa shape index (κ2) is 5.55. The van der Waals surface area contributed by atoms with Crippen LogP contribution in [0.3, 0.4) is 0 Å². The van der Waals surface area contributed by atoms with Crippen molar-refractivity contribution in [1.82, 2.24) is 5.32 Å². The van der Waals surface area contributed by atoms with Crippen molar-refractivity contribution in [1.29, 1.82) is 0 Å². The molecule has 0 radical (unpaired) electrons. The molecular formula is C17H19NO2. The molecule has 0 saturated carbocycles. The average Bonchev–Trinajstić information content (AvgIpc) is 2.53. The Labute approximate surface area is 119 Å². The Morgan fingerprint density at radius 1 is 0.950 bits per heavy atom. The number of fused-ring (bicyclic) bond motifs is 1. The van der Waals surface area contributed by atoms with E-state index < -0.39 is 0 Å². The van der Waals surface area contributed by atoms with E-state index in [0.29, 0.717) is 0 Å². The van der Waals surface area contributed by atoms with E-state index >= 15 is 0 Å². The van der Waals surface area contributed by atoms with Gasteiger partial charge in [-0.15, -0.1) is 0 Å². The highest BCUT2D eigenvalue weighted by atomic mass is 16.5. The fourth-order valence-electron chi connectivity index (χ4n) is 2.88. The van der Waals surface area contributed by atoms with Crippen LogP contribution in [0.2, 0.25) is 0 Å². The summed E-state index contributed by atoms with van der Waals surface area (Å²) in [5.41, 5.74) is 5.03. The molecule has 0 spiro atoms. The predicted molar refractivity (Wildman–Crippen MR) is 80.4 cm³/mol. The van der Waals surface area contributed by atoms with Gasteiger partial charge in [0, 0.05) is 6.54 Å². The Balaban J connectivity index is 2.23. The van der Waals surface area contributed by atoms with Crippen molar-refractivity contribution in [2.45, 2.75) is 13.0 Å². The zero-order valence-corrected chi connectivity index (χ0v) is 11.9. The standard InChI is InChI=1S/C17H19NO2/c1-19-15-7-4-8-16(20-2)17(15)14-6-3-5-12-11-18-10-9-13(12)14/h3-8,18H,9-11H2,1-2H3. The molecule has 1 aliphatic rings. The van der Waals surface area contributed by atoms with Gasteiger partial charge in [-0.3, -0.25) is 0 Å². The first-order valence-corrected chi connectivity index (χ1v) is 6.88. The van der Waals surface area contributed by atoms with Gasteiger partial charge in [0.25, 0.3) is 0 Å². The molecule has 3 nitrogen and oxygen atoms in total. The molecule has 1 heterocycles. The molecule has 0 aliphatic carbocycles. The molecule has 0 fully saturated rings. The highest BCUT2D eigenvalue weighted by Gasteiger charge is 2.19. The topological polar surface area (TPSA) is 30.5 Å². The largest absolute Gasteiger partial charge is 0.496 e. The minimum Gasteiger partial charge on any atom is -0.496 e. The second-order valence-electron chi connectivity index (χ2n) is 4.91. The number of hydrogen-bond donors (Lipinski definition) is 1. The summed E-state index contributed by atoms with van der Waals surface area (Å²) in [5.74, 6) is 1.72. The lowest BCUT2D eigenvalue weighted by molar-refractivity contribution is 0.397. The molecule has 0 aromatic heterocycles. The molecule has 0 atom stereocenters. The quantitative estimate of drug-likeness (QED) is 0.929. The molecule has 1 aliphatic heterocycles. The van der Waals surface area contributed by atoms with Crippen LogP contribution in [0.15, 0.2) is 36.4 Å². The monoisotopic (exact) mass is 269 g/mol. The van der Waals surface area contributed by atoms with Crippen molar-refractivity contribution < 1.29 is 9.47 Å². The first-order chi connectivity index (χ1) is 9.85. The van der Waals surface area contributed by atoms with Crippen molar-refractivity contribution in [2.75, 3.05) is 20.8 Å². The van der Waals surface area contributed by atoms with Crippen molar-refractivity contribution in [3.05, 3.63) is 47.5 Å². The summed E-state index contributed by atoms with van der Waals surface area (Å²) in [7, 11) is 3.41. The third kappa shape index (κ3) is 2.14. The van der Waals surface area contributed by atoms with Crippen LogP contribution in [0.1, 0.15) is 11.1 Å². The van der Waals surface area contributed by atoms with E-state index in [2.05, 4.69) is 23.5 Å². The molecule has 3 rings (SSSR count). The number of benzene rings is 2. The van der Waals surface area contributed by atoms with Crippen LogP contribution in [0.5, 0.6) is 11.5 Å². The van der Waals surface area contributed by atoms with Crippen LogP contribution in [-0.2, 0) is 13.0 Å².